The number of aromatic nitrogens is 4. The molecule has 0 aliphatic carbocycles. The number of rotatable bonds is 3. The number of fused-ring (bicyclic) bond motifs is 1. The third-order valence-electron chi connectivity index (χ3n) is 4.94. The van der Waals surface area contributed by atoms with Gasteiger partial charge in [0.1, 0.15) is 5.82 Å². The van der Waals surface area contributed by atoms with Crippen molar-refractivity contribution in [3.8, 4) is 0 Å². The molecule has 0 spiro atoms. The molecule has 1 aromatic carbocycles. The minimum Gasteiger partial charge on any atom is -0.352 e. The molecule has 4 rings (SSSR count). The third-order valence-corrected chi connectivity index (χ3v) is 4.94. The summed E-state index contributed by atoms with van der Waals surface area (Å²) in [6.45, 7) is 6.76. The third kappa shape index (κ3) is 3.42. The molecule has 1 aliphatic rings. The maximum atomic E-state index is 12.6. The van der Waals surface area contributed by atoms with E-state index in [4.69, 9.17) is 0 Å². The standard InChI is InChI=1S/C19H23N7O/c1-3-15-6-4-5-7-16(15)20-19(27)25-12-10-24(11-13-25)18-9-8-17-22-21-14(2)26(17)23-18/h4-9H,3,10-13H2,1-2H3,(H,20,27). The van der Waals surface area contributed by atoms with Crippen LogP contribution in [0.5, 0.6) is 0 Å². The number of nitrogens with zero attached hydrogens (tertiary/aromatic N) is 6. The average molecular weight is 365 g/mol. The van der Waals surface area contributed by atoms with Crippen LogP contribution in [-0.2, 0) is 6.42 Å². The van der Waals surface area contributed by atoms with Crippen molar-refractivity contribution in [3.05, 3.63) is 47.8 Å². The minimum absolute atomic E-state index is 0.0476. The van der Waals surface area contributed by atoms with Gasteiger partial charge in [0, 0.05) is 31.9 Å². The van der Waals surface area contributed by atoms with Gasteiger partial charge in [0.15, 0.2) is 11.5 Å². The van der Waals surface area contributed by atoms with Crippen LogP contribution >= 0.6 is 0 Å². The van der Waals surface area contributed by atoms with Crippen molar-refractivity contribution in [3.63, 3.8) is 0 Å². The number of carbonyl (C=O) groups is 1. The maximum Gasteiger partial charge on any atom is 0.321 e. The van der Waals surface area contributed by atoms with Crippen molar-refractivity contribution in [2.24, 2.45) is 0 Å². The zero-order chi connectivity index (χ0) is 18.8. The molecule has 0 radical (unpaired) electrons. The molecular formula is C19H23N7O. The number of hydrogen-bond acceptors (Lipinski definition) is 5. The molecule has 27 heavy (non-hydrogen) atoms. The van der Waals surface area contributed by atoms with E-state index in [0.29, 0.717) is 13.1 Å². The summed E-state index contributed by atoms with van der Waals surface area (Å²) in [7, 11) is 0. The summed E-state index contributed by atoms with van der Waals surface area (Å²) < 4.78 is 1.75. The van der Waals surface area contributed by atoms with E-state index in [0.717, 1.165) is 48.1 Å². The predicted octanol–water partition coefficient (Wildman–Crippen LogP) is 2.35. The number of carbonyl (C=O) groups excluding carboxylic acids is 1. The summed E-state index contributed by atoms with van der Waals surface area (Å²) >= 11 is 0. The van der Waals surface area contributed by atoms with Gasteiger partial charge in [-0.05, 0) is 37.1 Å². The number of piperazine rings is 1. The van der Waals surface area contributed by atoms with E-state index in [-0.39, 0.29) is 6.03 Å². The summed E-state index contributed by atoms with van der Waals surface area (Å²) in [6, 6.07) is 11.8. The molecule has 0 saturated carbocycles. The van der Waals surface area contributed by atoms with E-state index >= 15 is 0 Å². The van der Waals surface area contributed by atoms with E-state index in [9.17, 15) is 4.79 Å². The molecule has 0 atom stereocenters. The van der Waals surface area contributed by atoms with Crippen LogP contribution < -0.4 is 10.2 Å². The Bertz CT molecular complexity index is 960. The quantitative estimate of drug-likeness (QED) is 0.771. The monoisotopic (exact) mass is 365 g/mol. The van der Waals surface area contributed by atoms with E-state index in [1.807, 2.05) is 48.2 Å². The van der Waals surface area contributed by atoms with Crippen LogP contribution in [0.15, 0.2) is 36.4 Å². The van der Waals surface area contributed by atoms with Gasteiger partial charge >= 0.3 is 6.03 Å². The van der Waals surface area contributed by atoms with Crippen LogP contribution in [0.25, 0.3) is 5.65 Å². The Morgan fingerprint density at radius 3 is 2.63 bits per heavy atom. The molecule has 1 aliphatic heterocycles. The van der Waals surface area contributed by atoms with E-state index in [1.54, 1.807) is 4.52 Å². The van der Waals surface area contributed by atoms with Gasteiger partial charge in [-0.25, -0.2) is 4.79 Å². The first-order chi connectivity index (χ1) is 13.2. The van der Waals surface area contributed by atoms with Crippen LogP contribution in [-0.4, -0.2) is 56.9 Å². The van der Waals surface area contributed by atoms with Gasteiger partial charge in [0.2, 0.25) is 0 Å². The zero-order valence-corrected chi connectivity index (χ0v) is 15.6. The van der Waals surface area contributed by atoms with Crippen LogP contribution in [0.1, 0.15) is 18.3 Å². The Labute approximate surface area is 157 Å². The number of urea groups is 1. The van der Waals surface area contributed by atoms with Crippen molar-refractivity contribution in [2.75, 3.05) is 36.4 Å². The van der Waals surface area contributed by atoms with Crippen LogP contribution in [0.2, 0.25) is 0 Å². The Kier molecular flexibility index (Phi) is 4.62. The largest absolute Gasteiger partial charge is 0.352 e. The highest BCUT2D eigenvalue weighted by molar-refractivity contribution is 5.90. The molecule has 8 nitrogen and oxygen atoms in total. The molecule has 3 aromatic rings. The number of aryl methyl sites for hydroxylation is 2. The van der Waals surface area contributed by atoms with E-state index in [2.05, 4.69) is 32.4 Å². The fourth-order valence-electron chi connectivity index (χ4n) is 3.34. The maximum absolute atomic E-state index is 12.6. The lowest BCUT2D eigenvalue weighted by Gasteiger charge is -2.35. The van der Waals surface area contributed by atoms with E-state index < -0.39 is 0 Å². The second-order valence-corrected chi connectivity index (χ2v) is 6.62. The molecule has 140 valence electrons. The summed E-state index contributed by atoms with van der Waals surface area (Å²) in [5.41, 5.74) is 2.78. The summed E-state index contributed by atoms with van der Waals surface area (Å²) in [5, 5.41) is 15.8. The molecule has 8 heteroatoms. The van der Waals surface area contributed by atoms with Crippen molar-refractivity contribution in [1.82, 2.24) is 24.7 Å². The second kappa shape index (κ2) is 7.22. The highest BCUT2D eigenvalue weighted by Gasteiger charge is 2.23. The molecule has 0 unspecified atom stereocenters. The fraction of sp³-hybridized carbons (Fsp3) is 0.368. The number of benzene rings is 1. The van der Waals surface area contributed by atoms with Crippen LogP contribution in [0.3, 0.4) is 0 Å². The smallest absolute Gasteiger partial charge is 0.321 e. The van der Waals surface area contributed by atoms with Gasteiger partial charge in [-0.1, -0.05) is 25.1 Å². The summed E-state index contributed by atoms with van der Waals surface area (Å²) in [6.07, 6.45) is 0.890. The Balaban J connectivity index is 1.40. The lowest BCUT2D eigenvalue weighted by atomic mass is 10.1. The van der Waals surface area contributed by atoms with Crippen molar-refractivity contribution >= 4 is 23.2 Å². The first-order valence-electron chi connectivity index (χ1n) is 9.23. The molecule has 2 aromatic heterocycles. The highest BCUT2D eigenvalue weighted by atomic mass is 16.2. The number of nitrogens with one attached hydrogen (secondary N) is 1. The molecule has 1 saturated heterocycles. The Morgan fingerprint density at radius 2 is 1.85 bits per heavy atom. The van der Waals surface area contributed by atoms with Gasteiger partial charge in [0.05, 0.1) is 0 Å². The van der Waals surface area contributed by atoms with Gasteiger partial charge in [-0.2, -0.15) is 4.52 Å². The van der Waals surface area contributed by atoms with Gasteiger partial charge < -0.3 is 15.1 Å². The summed E-state index contributed by atoms with van der Waals surface area (Å²) in [5.74, 6) is 1.64. The van der Waals surface area contributed by atoms with Gasteiger partial charge in [0.25, 0.3) is 0 Å². The first kappa shape index (κ1) is 17.3. The van der Waals surface area contributed by atoms with Crippen molar-refractivity contribution in [2.45, 2.75) is 20.3 Å². The first-order valence-corrected chi connectivity index (χ1v) is 9.23. The van der Waals surface area contributed by atoms with Gasteiger partial charge in [-0.15, -0.1) is 15.3 Å². The fourth-order valence-corrected chi connectivity index (χ4v) is 3.34. The molecule has 1 N–H and O–H groups in total. The predicted molar refractivity (Wildman–Crippen MR) is 104 cm³/mol. The normalized spacial score (nSPS) is 14.6. The number of para-hydroxylation sites is 1. The Morgan fingerprint density at radius 1 is 1.07 bits per heavy atom. The SMILES string of the molecule is CCc1ccccc1NC(=O)N1CCN(c2ccc3nnc(C)n3n2)CC1. The average Bonchev–Trinajstić information content (AvgIpc) is 3.09. The number of amides is 2. The topological polar surface area (TPSA) is 78.7 Å². The van der Waals surface area contributed by atoms with Gasteiger partial charge in [-0.3, -0.25) is 0 Å². The molecule has 1 fully saturated rings. The number of anilines is 2. The molecule has 2 amide bonds. The highest BCUT2D eigenvalue weighted by Crippen LogP contribution is 2.18. The molecule has 0 bridgehead atoms. The minimum atomic E-state index is -0.0476. The Hall–Kier alpha value is -3.16. The number of hydrogen-bond donors (Lipinski definition) is 1. The molecular weight excluding hydrogens is 342 g/mol. The lowest BCUT2D eigenvalue weighted by molar-refractivity contribution is 0.208. The summed E-state index contributed by atoms with van der Waals surface area (Å²) in [4.78, 5) is 16.7. The second-order valence-electron chi connectivity index (χ2n) is 6.62. The van der Waals surface area contributed by atoms with Crippen molar-refractivity contribution < 1.29 is 4.79 Å². The zero-order valence-electron chi connectivity index (χ0n) is 15.6. The van der Waals surface area contributed by atoms with E-state index in [1.165, 1.54) is 0 Å². The lowest BCUT2D eigenvalue weighted by Crippen LogP contribution is -2.50. The van der Waals surface area contributed by atoms with Crippen molar-refractivity contribution in [1.29, 1.82) is 0 Å². The van der Waals surface area contributed by atoms with Crippen LogP contribution in [0, 0.1) is 6.92 Å². The molecule has 3 heterocycles. The van der Waals surface area contributed by atoms with Crippen LogP contribution in [0.4, 0.5) is 16.3 Å².